The van der Waals surface area contributed by atoms with Crippen LogP contribution in [-0.4, -0.2) is 61.2 Å². The van der Waals surface area contributed by atoms with Crippen molar-refractivity contribution < 1.29 is 13.2 Å². The van der Waals surface area contributed by atoms with E-state index in [1.807, 2.05) is 66.4 Å². The predicted molar refractivity (Wildman–Crippen MR) is 136 cm³/mol. The van der Waals surface area contributed by atoms with Crippen molar-refractivity contribution in [2.45, 2.75) is 30.7 Å². The Kier molecular flexibility index (Phi) is 6.58. The number of carbonyl (C=O) groups is 1. The molecule has 1 saturated heterocycles. The second-order valence-electron chi connectivity index (χ2n) is 9.15. The quantitative estimate of drug-likeness (QED) is 0.548. The van der Waals surface area contributed by atoms with Crippen LogP contribution < -0.4 is 4.90 Å². The first-order chi connectivity index (χ1) is 16.9. The molecule has 2 aliphatic heterocycles. The van der Waals surface area contributed by atoms with E-state index in [1.54, 1.807) is 18.3 Å². The number of carbonyl (C=O) groups excluding carboxylic acids is 1. The lowest BCUT2D eigenvalue weighted by atomic mass is 9.92. The Bertz CT molecular complexity index is 1290. The van der Waals surface area contributed by atoms with Gasteiger partial charge in [0.05, 0.1) is 10.9 Å². The number of amides is 1. The van der Waals surface area contributed by atoms with Crippen molar-refractivity contribution in [1.29, 1.82) is 0 Å². The number of sulfonamides is 1. The maximum Gasteiger partial charge on any atom is 0.243 e. The van der Waals surface area contributed by atoms with Crippen LogP contribution in [0.5, 0.6) is 0 Å². The molecule has 0 bridgehead atoms. The van der Waals surface area contributed by atoms with E-state index in [9.17, 15) is 13.2 Å². The molecule has 1 fully saturated rings. The summed E-state index contributed by atoms with van der Waals surface area (Å²) in [5, 5.41) is 0. The van der Waals surface area contributed by atoms with Gasteiger partial charge in [0.1, 0.15) is 5.82 Å². The summed E-state index contributed by atoms with van der Waals surface area (Å²) in [6.07, 6.45) is 2.54. The van der Waals surface area contributed by atoms with Crippen LogP contribution in [0.25, 0.3) is 0 Å². The summed E-state index contributed by atoms with van der Waals surface area (Å²) < 4.78 is 28.9. The Morgan fingerprint density at radius 3 is 2.34 bits per heavy atom. The number of hydrogen-bond donors (Lipinski definition) is 0. The summed E-state index contributed by atoms with van der Waals surface area (Å²) >= 11 is 0. The van der Waals surface area contributed by atoms with E-state index >= 15 is 0 Å². The molecule has 8 heteroatoms. The lowest BCUT2D eigenvalue weighted by Gasteiger charge is -2.39. The Hall–Kier alpha value is -3.23. The molecule has 0 aliphatic carbocycles. The Balaban J connectivity index is 1.36. The van der Waals surface area contributed by atoms with Crippen molar-refractivity contribution in [3.05, 3.63) is 89.6 Å². The first-order valence-electron chi connectivity index (χ1n) is 12.0. The number of piperazine rings is 1. The molecule has 0 radical (unpaired) electrons. The molecule has 0 saturated carbocycles. The van der Waals surface area contributed by atoms with Crippen LogP contribution in [0.2, 0.25) is 0 Å². The van der Waals surface area contributed by atoms with Gasteiger partial charge in [0.15, 0.2) is 0 Å². The van der Waals surface area contributed by atoms with E-state index in [0.29, 0.717) is 39.1 Å². The van der Waals surface area contributed by atoms with Crippen LogP contribution >= 0.6 is 0 Å². The zero-order chi connectivity index (χ0) is 24.4. The Morgan fingerprint density at radius 2 is 1.63 bits per heavy atom. The fraction of sp³-hybridized carbons (Fsp3) is 0.333. The van der Waals surface area contributed by atoms with Crippen LogP contribution in [0, 0.1) is 6.92 Å². The molecule has 7 nitrogen and oxygen atoms in total. The third kappa shape index (κ3) is 4.81. The smallest absolute Gasteiger partial charge is 0.243 e. The van der Waals surface area contributed by atoms with E-state index in [-0.39, 0.29) is 17.2 Å². The molecule has 1 aromatic heterocycles. The molecule has 2 aliphatic rings. The summed E-state index contributed by atoms with van der Waals surface area (Å²) in [4.78, 5) is 22.2. The van der Waals surface area contributed by atoms with Gasteiger partial charge in [-0.25, -0.2) is 13.4 Å². The lowest BCUT2D eigenvalue weighted by Crippen LogP contribution is -2.50. The zero-order valence-electron chi connectivity index (χ0n) is 19.9. The Labute approximate surface area is 207 Å². The van der Waals surface area contributed by atoms with E-state index < -0.39 is 16.1 Å². The normalized spacial score (nSPS) is 18.8. The minimum atomic E-state index is -3.75. The van der Waals surface area contributed by atoms with Crippen molar-refractivity contribution in [1.82, 2.24) is 14.2 Å². The van der Waals surface area contributed by atoms with E-state index in [2.05, 4.69) is 9.88 Å². The second kappa shape index (κ2) is 9.79. The number of anilines is 1. The fourth-order valence-electron chi connectivity index (χ4n) is 4.99. The lowest BCUT2D eigenvalue weighted by molar-refractivity contribution is -0.132. The minimum Gasteiger partial charge on any atom is -0.353 e. The van der Waals surface area contributed by atoms with Crippen LogP contribution in [0.3, 0.4) is 0 Å². The monoisotopic (exact) mass is 490 g/mol. The number of aromatic nitrogens is 1. The van der Waals surface area contributed by atoms with Crippen molar-refractivity contribution in [2.24, 2.45) is 0 Å². The number of benzene rings is 2. The number of fused-ring (bicyclic) bond motifs is 1. The van der Waals surface area contributed by atoms with Crippen molar-refractivity contribution in [3.8, 4) is 0 Å². The molecule has 2 aromatic carbocycles. The SMILES string of the molecule is Cc1ccc(S(=O)(=O)N2CCc3ccccc3[C@H]2CC(=O)N2CCN(c3ccccn3)CC2)cc1. The van der Waals surface area contributed by atoms with Gasteiger partial charge in [-0.3, -0.25) is 4.79 Å². The summed E-state index contributed by atoms with van der Waals surface area (Å²) in [7, 11) is -3.75. The number of pyridine rings is 1. The molecule has 3 aromatic rings. The number of rotatable bonds is 5. The zero-order valence-corrected chi connectivity index (χ0v) is 20.7. The highest BCUT2D eigenvalue weighted by Gasteiger charge is 2.38. The molecule has 3 heterocycles. The van der Waals surface area contributed by atoms with Crippen LogP contribution in [0.1, 0.15) is 29.2 Å². The van der Waals surface area contributed by atoms with Crippen LogP contribution in [-0.2, 0) is 21.2 Å². The van der Waals surface area contributed by atoms with Gasteiger partial charge >= 0.3 is 0 Å². The molecule has 5 rings (SSSR count). The molecule has 0 unspecified atom stereocenters. The highest BCUT2D eigenvalue weighted by atomic mass is 32.2. The first kappa shape index (κ1) is 23.5. The molecule has 1 amide bonds. The van der Waals surface area contributed by atoms with E-state index in [0.717, 1.165) is 22.5 Å². The molecular weight excluding hydrogens is 460 g/mol. The summed E-state index contributed by atoms with van der Waals surface area (Å²) in [5.74, 6) is 0.896. The molecule has 1 atom stereocenters. The van der Waals surface area contributed by atoms with Crippen molar-refractivity contribution in [3.63, 3.8) is 0 Å². The number of aryl methyl sites for hydroxylation is 1. The Morgan fingerprint density at radius 1 is 0.914 bits per heavy atom. The summed E-state index contributed by atoms with van der Waals surface area (Å²) in [6, 6.07) is 20.1. The van der Waals surface area contributed by atoms with Gasteiger partial charge < -0.3 is 9.80 Å². The van der Waals surface area contributed by atoms with Crippen LogP contribution in [0.4, 0.5) is 5.82 Å². The van der Waals surface area contributed by atoms with Gasteiger partial charge in [0.2, 0.25) is 15.9 Å². The highest BCUT2D eigenvalue weighted by Crippen LogP contribution is 2.37. The van der Waals surface area contributed by atoms with Gasteiger partial charge in [-0.15, -0.1) is 0 Å². The average Bonchev–Trinajstić information content (AvgIpc) is 2.89. The first-order valence-corrected chi connectivity index (χ1v) is 13.5. The third-order valence-electron chi connectivity index (χ3n) is 6.96. The van der Waals surface area contributed by atoms with Crippen LogP contribution in [0.15, 0.2) is 77.8 Å². The van der Waals surface area contributed by atoms with E-state index in [1.165, 1.54) is 4.31 Å². The number of hydrogen-bond acceptors (Lipinski definition) is 5. The molecule has 182 valence electrons. The van der Waals surface area contributed by atoms with Gasteiger partial charge in [-0.05, 0) is 48.7 Å². The fourth-order valence-corrected chi connectivity index (χ4v) is 6.60. The summed E-state index contributed by atoms with van der Waals surface area (Å²) in [5.41, 5.74) is 3.04. The topological polar surface area (TPSA) is 73.8 Å². The average molecular weight is 491 g/mol. The van der Waals surface area contributed by atoms with Crippen molar-refractivity contribution in [2.75, 3.05) is 37.6 Å². The predicted octanol–water partition coefficient (Wildman–Crippen LogP) is 3.42. The van der Waals surface area contributed by atoms with Crippen molar-refractivity contribution >= 4 is 21.7 Å². The molecular formula is C27H30N4O3S. The molecule has 0 N–H and O–H groups in total. The van der Waals surface area contributed by atoms with E-state index in [4.69, 9.17) is 0 Å². The molecule has 35 heavy (non-hydrogen) atoms. The third-order valence-corrected chi connectivity index (χ3v) is 8.89. The highest BCUT2D eigenvalue weighted by molar-refractivity contribution is 7.89. The number of nitrogens with zero attached hydrogens (tertiary/aromatic N) is 4. The summed E-state index contributed by atoms with van der Waals surface area (Å²) in [6.45, 7) is 4.88. The second-order valence-corrected chi connectivity index (χ2v) is 11.0. The maximum atomic E-state index is 13.7. The van der Waals surface area contributed by atoms with Gasteiger partial charge in [0, 0.05) is 45.3 Å². The maximum absolute atomic E-state index is 13.7. The van der Waals surface area contributed by atoms with Gasteiger partial charge in [-0.1, -0.05) is 48.0 Å². The van der Waals surface area contributed by atoms with Gasteiger partial charge in [0.25, 0.3) is 0 Å². The standard InChI is InChI=1S/C27H30N4O3S/c1-21-9-11-23(12-10-21)35(33,34)31-15-13-22-6-2-3-7-24(22)25(31)20-27(32)30-18-16-29(17-19-30)26-8-4-5-14-28-26/h2-12,14,25H,13,15-20H2,1H3/t25-/m1/s1. The van der Waals surface area contributed by atoms with Gasteiger partial charge in [-0.2, -0.15) is 4.31 Å². The largest absolute Gasteiger partial charge is 0.353 e. The minimum absolute atomic E-state index is 0.0171. The molecule has 0 spiro atoms.